The van der Waals surface area contributed by atoms with Crippen LogP contribution in [0.15, 0.2) is 60.8 Å². The number of nitrogens with zero attached hydrogens (tertiary/aromatic N) is 2. The Hall–Kier alpha value is -3.48. The van der Waals surface area contributed by atoms with E-state index in [9.17, 15) is 20.0 Å². The number of aromatic nitrogens is 2. The summed E-state index contributed by atoms with van der Waals surface area (Å²) >= 11 is 0. The highest BCUT2D eigenvalue weighted by Crippen LogP contribution is 2.24. The normalized spacial score (nSPS) is 11.8. The first kappa shape index (κ1) is 16.4. The van der Waals surface area contributed by atoms with Gasteiger partial charge in [0, 0.05) is 29.6 Å². The highest BCUT2D eigenvalue weighted by Gasteiger charge is 2.23. The van der Waals surface area contributed by atoms with Gasteiger partial charge in [-0.25, -0.2) is 4.98 Å². The number of non-ortho nitro benzene ring substituents is 1. The van der Waals surface area contributed by atoms with Gasteiger partial charge in [-0.15, -0.1) is 0 Å². The van der Waals surface area contributed by atoms with Gasteiger partial charge in [0.25, 0.3) is 5.69 Å². The minimum absolute atomic E-state index is 0.0111. The van der Waals surface area contributed by atoms with Crippen molar-refractivity contribution in [2.45, 2.75) is 12.3 Å². The fourth-order valence-corrected chi connectivity index (χ4v) is 2.58. The summed E-state index contributed by atoms with van der Waals surface area (Å²) in [6.45, 7) is 0. The van der Waals surface area contributed by atoms with E-state index in [-0.39, 0.29) is 5.69 Å². The summed E-state index contributed by atoms with van der Waals surface area (Å²) in [5.74, 6) is -1.21. The molecule has 0 bridgehead atoms. The molecule has 25 heavy (non-hydrogen) atoms. The van der Waals surface area contributed by atoms with E-state index in [4.69, 9.17) is 0 Å². The smallest absolute Gasteiger partial charge is 0.312 e. The van der Waals surface area contributed by atoms with E-state index in [1.54, 1.807) is 12.1 Å². The van der Waals surface area contributed by atoms with Crippen molar-refractivity contribution < 1.29 is 14.8 Å². The summed E-state index contributed by atoms with van der Waals surface area (Å²) in [5.41, 5.74) is 2.05. The summed E-state index contributed by atoms with van der Waals surface area (Å²) in [7, 11) is 0. The number of imidazole rings is 1. The van der Waals surface area contributed by atoms with Crippen molar-refractivity contribution in [3.63, 3.8) is 0 Å². The maximum Gasteiger partial charge on any atom is 0.312 e. The molecule has 7 nitrogen and oxygen atoms in total. The molecule has 0 amide bonds. The maximum atomic E-state index is 11.6. The van der Waals surface area contributed by atoms with Crippen molar-refractivity contribution in [2.24, 2.45) is 0 Å². The number of carbonyl (C=O) groups is 1. The number of H-pyrrole nitrogens is 1. The van der Waals surface area contributed by atoms with Crippen LogP contribution in [0.3, 0.4) is 0 Å². The molecular weight excluding hydrogens is 322 g/mol. The van der Waals surface area contributed by atoms with E-state index in [0.29, 0.717) is 23.5 Å². The Bertz CT molecular complexity index is 888. The largest absolute Gasteiger partial charge is 0.481 e. The van der Waals surface area contributed by atoms with E-state index in [1.807, 2.05) is 30.3 Å². The van der Waals surface area contributed by atoms with E-state index in [2.05, 4.69) is 9.97 Å². The van der Waals surface area contributed by atoms with E-state index >= 15 is 0 Å². The Morgan fingerprint density at radius 2 is 1.84 bits per heavy atom. The Kier molecular flexibility index (Phi) is 4.56. The van der Waals surface area contributed by atoms with Gasteiger partial charge in [-0.3, -0.25) is 14.9 Å². The first-order valence-electron chi connectivity index (χ1n) is 7.61. The van der Waals surface area contributed by atoms with Crippen LogP contribution in [0, 0.1) is 10.1 Å². The van der Waals surface area contributed by atoms with Gasteiger partial charge in [0.2, 0.25) is 0 Å². The van der Waals surface area contributed by atoms with Gasteiger partial charge in [-0.1, -0.05) is 30.3 Å². The molecule has 1 heterocycles. The molecule has 0 aliphatic heterocycles. The molecule has 1 atom stereocenters. The van der Waals surface area contributed by atoms with Crippen molar-refractivity contribution in [3.8, 4) is 11.4 Å². The van der Waals surface area contributed by atoms with E-state index < -0.39 is 16.8 Å². The lowest BCUT2D eigenvalue weighted by Gasteiger charge is -2.10. The Morgan fingerprint density at radius 3 is 2.44 bits per heavy atom. The van der Waals surface area contributed by atoms with Crippen LogP contribution in [0.2, 0.25) is 0 Å². The molecule has 0 spiro atoms. The highest BCUT2D eigenvalue weighted by atomic mass is 16.6. The molecule has 0 aliphatic carbocycles. The summed E-state index contributed by atoms with van der Waals surface area (Å²) < 4.78 is 0. The van der Waals surface area contributed by atoms with Gasteiger partial charge < -0.3 is 10.1 Å². The Balaban J connectivity index is 1.85. The summed E-state index contributed by atoms with van der Waals surface area (Å²) in [5, 5.41) is 20.3. The molecule has 3 aromatic rings. The lowest BCUT2D eigenvalue weighted by molar-refractivity contribution is -0.384. The molecule has 7 heteroatoms. The molecule has 126 valence electrons. The zero-order valence-electron chi connectivity index (χ0n) is 13.1. The number of carboxylic acid groups (broad SMARTS) is 1. The maximum absolute atomic E-state index is 11.6. The van der Waals surface area contributed by atoms with Gasteiger partial charge in [0.1, 0.15) is 11.7 Å². The standard InChI is InChI=1S/C18H15N3O4/c22-18(23)15(10-12-4-2-1-3-5-12)16-11-19-17(20-16)13-6-8-14(9-7-13)21(24)25/h1-9,11,15H,10H2,(H,19,20)(H,22,23). The van der Waals surface area contributed by atoms with Crippen molar-refractivity contribution >= 4 is 11.7 Å². The second-order valence-corrected chi connectivity index (χ2v) is 5.57. The van der Waals surface area contributed by atoms with Crippen LogP contribution < -0.4 is 0 Å². The van der Waals surface area contributed by atoms with Gasteiger partial charge in [0.15, 0.2) is 0 Å². The molecule has 2 aromatic carbocycles. The third kappa shape index (κ3) is 3.72. The van der Waals surface area contributed by atoms with Crippen LogP contribution in [0.25, 0.3) is 11.4 Å². The van der Waals surface area contributed by atoms with Crippen LogP contribution in [0.1, 0.15) is 17.2 Å². The van der Waals surface area contributed by atoms with Gasteiger partial charge in [0.05, 0.1) is 4.92 Å². The zero-order chi connectivity index (χ0) is 17.8. The number of nitro benzene ring substituents is 1. The molecule has 0 aliphatic rings. The number of aliphatic carboxylic acids is 1. The number of nitro groups is 1. The summed E-state index contributed by atoms with van der Waals surface area (Å²) in [6, 6.07) is 15.3. The van der Waals surface area contributed by atoms with Crippen LogP contribution >= 0.6 is 0 Å². The molecule has 3 rings (SSSR count). The lowest BCUT2D eigenvalue weighted by Crippen LogP contribution is -2.14. The number of nitrogens with one attached hydrogen (secondary N) is 1. The Labute approximate surface area is 143 Å². The van der Waals surface area contributed by atoms with E-state index in [0.717, 1.165) is 5.56 Å². The number of rotatable bonds is 6. The third-order valence-corrected chi connectivity index (χ3v) is 3.90. The predicted octanol–water partition coefficient (Wildman–Crippen LogP) is 3.40. The predicted molar refractivity (Wildman–Crippen MR) is 91.2 cm³/mol. The number of aromatic amines is 1. The van der Waals surface area contributed by atoms with Gasteiger partial charge in [-0.2, -0.15) is 0 Å². The fourth-order valence-electron chi connectivity index (χ4n) is 2.58. The minimum atomic E-state index is -0.942. The molecule has 0 saturated carbocycles. The molecule has 1 aromatic heterocycles. The first-order chi connectivity index (χ1) is 12.0. The highest BCUT2D eigenvalue weighted by molar-refractivity contribution is 5.76. The second-order valence-electron chi connectivity index (χ2n) is 5.57. The third-order valence-electron chi connectivity index (χ3n) is 3.90. The van der Waals surface area contributed by atoms with Crippen molar-refractivity contribution in [3.05, 3.63) is 82.2 Å². The fraction of sp³-hybridized carbons (Fsp3) is 0.111. The van der Waals surface area contributed by atoms with Crippen molar-refractivity contribution in [1.82, 2.24) is 9.97 Å². The number of hydrogen-bond acceptors (Lipinski definition) is 4. The second kappa shape index (κ2) is 6.96. The molecular formula is C18H15N3O4. The Morgan fingerprint density at radius 1 is 1.16 bits per heavy atom. The number of hydrogen-bond donors (Lipinski definition) is 2. The number of carboxylic acids is 1. The molecule has 1 unspecified atom stereocenters. The minimum Gasteiger partial charge on any atom is -0.481 e. The molecule has 0 saturated heterocycles. The summed E-state index contributed by atoms with van der Waals surface area (Å²) in [6.07, 6.45) is 1.84. The summed E-state index contributed by atoms with van der Waals surface area (Å²) in [4.78, 5) is 29.1. The van der Waals surface area contributed by atoms with Crippen LogP contribution in [-0.2, 0) is 11.2 Å². The molecule has 0 radical (unpaired) electrons. The van der Waals surface area contributed by atoms with E-state index in [1.165, 1.54) is 18.3 Å². The quantitative estimate of drug-likeness (QED) is 0.529. The lowest BCUT2D eigenvalue weighted by atomic mass is 9.97. The topological polar surface area (TPSA) is 109 Å². The number of benzene rings is 2. The zero-order valence-corrected chi connectivity index (χ0v) is 13.1. The van der Waals surface area contributed by atoms with Crippen LogP contribution in [-0.4, -0.2) is 26.0 Å². The molecule has 2 N–H and O–H groups in total. The van der Waals surface area contributed by atoms with Crippen LogP contribution in [0.5, 0.6) is 0 Å². The van der Waals surface area contributed by atoms with Gasteiger partial charge >= 0.3 is 5.97 Å². The van der Waals surface area contributed by atoms with Crippen molar-refractivity contribution in [1.29, 1.82) is 0 Å². The molecule has 0 fully saturated rings. The average Bonchev–Trinajstić information content (AvgIpc) is 3.10. The SMILES string of the molecule is O=C(O)C(Cc1ccccc1)c1cnc(-c2ccc([N+](=O)[O-])cc2)[nH]1. The van der Waals surface area contributed by atoms with Crippen molar-refractivity contribution in [2.75, 3.05) is 0 Å². The average molecular weight is 337 g/mol. The van der Waals surface area contributed by atoms with Crippen LogP contribution in [0.4, 0.5) is 5.69 Å². The first-order valence-corrected chi connectivity index (χ1v) is 7.61. The van der Waals surface area contributed by atoms with Gasteiger partial charge in [-0.05, 0) is 24.1 Å². The monoisotopic (exact) mass is 337 g/mol.